The van der Waals surface area contributed by atoms with Crippen molar-refractivity contribution in [3.8, 4) is 0 Å². The topological polar surface area (TPSA) is 19.0 Å². The minimum absolute atomic E-state index is 0.753. The summed E-state index contributed by atoms with van der Waals surface area (Å²) in [7, 11) is 1.82. The van der Waals surface area contributed by atoms with E-state index < -0.39 is 0 Å². The molecule has 0 saturated carbocycles. The maximum absolute atomic E-state index is 5.29. The molecule has 0 amide bonds. The third-order valence-corrected chi connectivity index (χ3v) is 5.22. The molecule has 1 atom stereocenters. The number of nitrogens with zero attached hydrogens (tertiary/aromatic N) is 3. The lowest BCUT2D eigenvalue weighted by molar-refractivity contribution is 0.115. The summed E-state index contributed by atoms with van der Waals surface area (Å²) in [5.74, 6) is 0.753. The van der Waals surface area contributed by atoms with E-state index in [9.17, 15) is 0 Å². The Hall–Kier alpha value is -0.940. The van der Waals surface area contributed by atoms with Crippen molar-refractivity contribution in [1.82, 2.24) is 14.7 Å². The second-order valence-corrected chi connectivity index (χ2v) is 7.01. The molecule has 23 heavy (non-hydrogen) atoms. The molecule has 4 nitrogen and oxygen atoms in total. The third-order valence-electron chi connectivity index (χ3n) is 5.22. The Morgan fingerprint density at radius 2 is 1.61 bits per heavy atom. The van der Waals surface area contributed by atoms with E-state index in [2.05, 4.69) is 45.0 Å². The monoisotopic (exact) mass is 317 g/mol. The third kappa shape index (κ3) is 5.28. The van der Waals surface area contributed by atoms with Crippen molar-refractivity contribution < 1.29 is 4.74 Å². The van der Waals surface area contributed by atoms with Gasteiger partial charge < -0.3 is 9.64 Å². The van der Waals surface area contributed by atoms with Crippen LogP contribution < -0.4 is 0 Å². The SMILES string of the molecule is COC[C@@H]1CCN(CCN2CCN(Cc3ccccc3)CC2)C1. The zero-order chi connectivity index (χ0) is 15.9. The largest absolute Gasteiger partial charge is 0.384 e. The van der Waals surface area contributed by atoms with E-state index in [0.29, 0.717) is 0 Å². The van der Waals surface area contributed by atoms with Crippen molar-refractivity contribution >= 4 is 0 Å². The lowest BCUT2D eigenvalue weighted by Gasteiger charge is -2.35. The maximum atomic E-state index is 5.29. The Labute approximate surface area is 141 Å². The molecule has 3 rings (SSSR count). The first-order valence-electron chi connectivity index (χ1n) is 9.03. The molecule has 0 unspecified atom stereocenters. The minimum Gasteiger partial charge on any atom is -0.384 e. The fourth-order valence-corrected chi connectivity index (χ4v) is 3.78. The summed E-state index contributed by atoms with van der Waals surface area (Å²) in [6.07, 6.45) is 1.30. The summed E-state index contributed by atoms with van der Waals surface area (Å²) in [6.45, 7) is 11.8. The minimum atomic E-state index is 0.753. The predicted octanol–water partition coefficient (Wildman–Crippen LogP) is 1.77. The van der Waals surface area contributed by atoms with Gasteiger partial charge in [-0.05, 0) is 24.4 Å². The second-order valence-electron chi connectivity index (χ2n) is 7.01. The van der Waals surface area contributed by atoms with E-state index in [1.54, 1.807) is 0 Å². The smallest absolute Gasteiger partial charge is 0.0503 e. The van der Waals surface area contributed by atoms with Gasteiger partial charge in [0.15, 0.2) is 0 Å². The van der Waals surface area contributed by atoms with Gasteiger partial charge in [0.1, 0.15) is 0 Å². The summed E-state index contributed by atoms with van der Waals surface area (Å²) in [6, 6.07) is 10.8. The molecule has 0 aromatic heterocycles. The Balaban J connectivity index is 1.32. The van der Waals surface area contributed by atoms with Crippen molar-refractivity contribution in [2.45, 2.75) is 13.0 Å². The average Bonchev–Trinajstić information content (AvgIpc) is 3.03. The number of ether oxygens (including phenoxy) is 1. The van der Waals surface area contributed by atoms with E-state index in [4.69, 9.17) is 4.74 Å². The Morgan fingerprint density at radius 3 is 2.35 bits per heavy atom. The van der Waals surface area contributed by atoms with E-state index in [-0.39, 0.29) is 0 Å². The van der Waals surface area contributed by atoms with E-state index in [0.717, 1.165) is 19.1 Å². The van der Waals surface area contributed by atoms with Crippen LogP contribution in [0.1, 0.15) is 12.0 Å². The molecule has 0 spiro atoms. The van der Waals surface area contributed by atoms with Crippen LogP contribution in [0.25, 0.3) is 0 Å². The summed E-state index contributed by atoms with van der Waals surface area (Å²) >= 11 is 0. The van der Waals surface area contributed by atoms with Gasteiger partial charge in [0.2, 0.25) is 0 Å². The summed E-state index contributed by atoms with van der Waals surface area (Å²) in [5, 5.41) is 0. The van der Waals surface area contributed by atoms with Crippen LogP contribution in [-0.4, -0.2) is 80.8 Å². The molecular formula is C19H31N3O. The van der Waals surface area contributed by atoms with Crippen LogP contribution in [0.2, 0.25) is 0 Å². The van der Waals surface area contributed by atoms with Gasteiger partial charge in [0.25, 0.3) is 0 Å². The molecule has 1 aromatic carbocycles. The molecule has 2 fully saturated rings. The Bertz CT molecular complexity index is 445. The lowest BCUT2D eigenvalue weighted by Crippen LogP contribution is -2.47. The highest BCUT2D eigenvalue weighted by atomic mass is 16.5. The van der Waals surface area contributed by atoms with Gasteiger partial charge in [-0.1, -0.05) is 30.3 Å². The molecule has 0 bridgehead atoms. The second kappa shape index (κ2) is 8.78. The first kappa shape index (κ1) is 16.9. The average molecular weight is 317 g/mol. The van der Waals surface area contributed by atoms with Crippen LogP contribution in [-0.2, 0) is 11.3 Å². The highest BCUT2D eigenvalue weighted by Crippen LogP contribution is 2.16. The zero-order valence-electron chi connectivity index (χ0n) is 14.5. The number of piperazine rings is 1. The summed E-state index contributed by atoms with van der Waals surface area (Å²) < 4.78 is 5.29. The van der Waals surface area contributed by atoms with Crippen LogP contribution >= 0.6 is 0 Å². The van der Waals surface area contributed by atoms with Gasteiger partial charge in [-0.25, -0.2) is 0 Å². The molecule has 0 radical (unpaired) electrons. The predicted molar refractivity (Wildman–Crippen MR) is 94.6 cm³/mol. The molecule has 4 heteroatoms. The van der Waals surface area contributed by atoms with Gasteiger partial charge >= 0.3 is 0 Å². The number of likely N-dealkylation sites (tertiary alicyclic amines) is 1. The molecule has 0 aliphatic carbocycles. The van der Waals surface area contributed by atoms with E-state index in [1.807, 2.05) is 7.11 Å². The molecule has 128 valence electrons. The highest BCUT2D eigenvalue weighted by molar-refractivity contribution is 5.14. The fraction of sp³-hybridized carbons (Fsp3) is 0.684. The highest BCUT2D eigenvalue weighted by Gasteiger charge is 2.23. The standard InChI is InChI=1S/C19H31N3O/c1-23-17-19-7-8-21(16-19)12-9-20-10-13-22(14-11-20)15-18-5-3-2-4-6-18/h2-6,19H,7-17H2,1H3/t19-/m1/s1. The van der Waals surface area contributed by atoms with Gasteiger partial charge in [0.05, 0.1) is 6.61 Å². The maximum Gasteiger partial charge on any atom is 0.0503 e. The van der Waals surface area contributed by atoms with Gasteiger partial charge in [0, 0.05) is 59.5 Å². The van der Waals surface area contributed by atoms with E-state index in [1.165, 1.54) is 64.3 Å². The molecule has 2 aliphatic rings. The number of methoxy groups -OCH3 is 1. The van der Waals surface area contributed by atoms with Crippen LogP contribution in [0.15, 0.2) is 30.3 Å². The normalized spacial score (nSPS) is 24.3. The quantitative estimate of drug-likeness (QED) is 0.763. The van der Waals surface area contributed by atoms with Crippen LogP contribution in [0.4, 0.5) is 0 Å². The van der Waals surface area contributed by atoms with Crippen LogP contribution in [0, 0.1) is 5.92 Å². The van der Waals surface area contributed by atoms with Crippen LogP contribution in [0.3, 0.4) is 0 Å². The Morgan fingerprint density at radius 1 is 0.913 bits per heavy atom. The Kier molecular flexibility index (Phi) is 6.46. The first-order valence-corrected chi connectivity index (χ1v) is 9.03. The molecule has 1 aromatic rings. The van der Waals surface area contributed by atoms with Crippen molar-refractivity contribution in [1.29, 1.82) is 0 Å². The number of benzene rings is 1. The molecular weight excluding hydrogens is 286 g/mol. The number of hydrogen-bond donors (Lipinski definition) is 0. The zero-order valence-corrected chi connectivity index (χ0v) is 14.5. The first-order chi connectivity index (χ1) is 11.3. The van der Waals surface area contributed by atoms with E-state index >= 15 is 0 Å². The molecule has 2 saturated heterocycles. The summed E-state index contributed by atoms with van der Waals surface area (Å²) in [4.78, 5) is 7.82. The lowest BCUT2D eigenvalue weighted by atomic mass is 10.1. The number of rotatable bonds is 7. The fourth-order valence-electron chi connectivity index (χ4n) is 3.78. The number of hydrogen-bond acceptors (Lipinski definition) is 4. The van der Waals surface area contributed by atoms with Crippen molar-refractivity contribution in [3.05, 3.63) is 35.9 Å². The van der Waals surface area contributed by atoms with Crippen LogP contribution in [0.5, 0.6) is 0 Å². The van der Waals surface area contributed by atoms with Crippen molar-refractivity contribution in [2.24, 2.45) is 5.92 Å². The van der Waals surface area contributed by atoms with Gasteiger partial charge in [-0.2, -0.15) is 0 Å². The molecule has 2 heterocycles. The van der Waals surface area contributed by atoms with Gasteiger partial charge in [-0.3, -0.25) is 9.80 Å². The van der Waals surface area contributed by atoms with Crippen molar-refractivity contribution in [2.75, 3.05) is 66.1 Å². The molecule has 0 N–H and O–H groups in total. The van der Waals surface area contributed by atoms with Crippen molar-refractivity contribution in [3.63, 3.8) is 0 Å². The van der Waals surface area contributed by atoms with Gasteiger partial charge in [-0.15, -0.1) is 0 Å². The molecule has 2 aliphatic heterocycles. The summed E-state index contributed by atoms with van der Waals surface area (Å²) in [5.41, 5.74) is 1.43.